The Morgan fingerprint density at radius 2 is 0.870 bits per heavy atom. The zero-order chi connectivity index (χ0) is 39.6. The number of aryl methyl sites for hydroxylation is 2. The molecule has 0 aliphatic carbocycles. The van der Waals surface area contributed by atoms with Crippen molar-refractivity contribution in [2.45, 2.75) is 62.5 Å². The second-order valence-corrected chi connectivity index (χ2v) is 14.7. The topological polar surface area (TPSA) is 106 Å². The predicted molar refractivity (Wildman–Crippen MR) is 195 cm³/mol. The number of nitrogens with zero attached hydrogens (tertiary/aromatic N) is 2. The van der Waals surface area contributed by atoms with Gasteiger partial charge < -0.3 is 19.7 Å². The van der Waals surface area contributed by atoms with Crippen LogP contribution in [0.5, 0.6) is 0 Å². The van der Waals surface area contributed by atoms with Crippen LogP contribution in [0.2, 0.25) is 0 Å². The van der Waals surface area contributed by atoms with Gasteiger partial charge in [0, 0.05) is 44.7 Å². The standard InChI is InChI=1S/2C20H15BrF3NO2/c2*1-12-2-4-13(5-3-12)16-10-19(26,20(22,23)24)27-18(17(16)11-25)14-6-8-15(21)9-7-14/h2*2-9,16,26H,10H2,1H3/t2*16-,19+/m11/s1. The van der Waals surface area contributed by atoms with Gasteiger partial charge in [-0.2, -0.15) is 36.9 Å². The maximum absolute atomic E-state index is 13.6. The zero-order valence-corrected chi connectivity index (χ0v) is 31.6. The molecule has 0 amide bonds. The van der Waals surface area contributed by atoms with Gasteiger partial charge in [0.2, 0.25) is 0 Å². The molecule has 280 valence electrons. The summed E-state index contributed by atoms with van der Waals surface area (Å²) >= 11 is 6.52. The van der Waals surface area contributed by atoms with E-state index >= 15 is 0 Å². The van der Waals surface area contributed by atoms with Crippen LogP contribution in [0.15, 0.2) is 117 Å². The second-order valence-electron chi connectivity index (χ2n) is 12.8. The van der Waals surface area contributed by atoms with Crippen molar-refractivity contribution >= 4 is 43.4 Å². The SMILES string of the molecule is Cc1ccc([C@H]2C[C@@](O)(C(F)(F)F)OC(c3ccc(Br)cc3)=C2C#N)cc1.Cc1ccc([C@H]2C[C@@](O)(C(F)(F)F)OC(c3ccc(Br)cc3)=C2C#N)cc1. The molecule has 14 heteroatoms. The van der Waals surface area contributed by atoms with Gasteiger partial charge in [-0.25, -0.2) is 0 Å². The van der Waals surface area contributed by atoms with E-state index in [2.05, 4.69) is 31.9 Å². The van der Waals surface area contributed by atoms with Gasteiger partial charge in [-0.1, -0.05) is 116 Å². The molecule has 4 aromatic rings. The summed E-state index contributed by atoms with van der Waals surface area (Å²) in [6.45, 7) is 3.71. The highest BCUT2D eigenvalue weighted by molar-refractivity contribution is 9.10. The highest BCUT2D eigenvalue weighted by atomic mass is 79.9. The summed E-state index contributed by atoms with van der Waals surface area (Å²) in [6, 6.07) is 30.3. The van der Waals surface area contributed by atoms with Crippen LogP contribution in [0, 0.1) is 36.5 Å². The number of aliphatic hydroxyl groups is 2. The Hall–Kier alpha value is -4.60. The highest BCUT2D eigenvalue weighted by Crippen LogP contribution is 2.51. The Kier molecular flexibility index (Phi) is 11.7. The predicted octanol–water partition coefficient (Wildman–Crippen LogP) is 10.9. The lowest BCUT2D eigenvalue weighted by atomic mass is 9.81. The van der Waals surface area contributed by atoms with Gasteiger partial charge >= 0.3 is 23.9 Å². The third-order valence-electron chi connectivity index (χ3n) is 8.99. The van der Waals surface area contributed by atoms with E-state index in [1.54, 1.807) is 72.8 Å². The van der Waals surface area contributed by atoms with Crippen molar-refractivity contribution < 1.29 is 46.0 Å². The fourth-order valence-electron chi connectivity index (χ4n) is 6.01. The van der Waals surface area contributed by atoms with E-state index in [4.69, 9.17) is 9.47 Å². The van der Waals surface area contributed by atoms with Crippen LogP contribution in [0.3, 0.4) is 0 Å². The summed E-state index contributed by atoms with van der Waals surface area (Å²) in [5, 5.41) is 39.9. The maximum atomic E-state index is 13.6. The first-order valence-corrected chi connectivity index (χ1v) is 17.8. The Morgan fingerprint density at radius 1 is 0.574 bits per heavy atom. The molecule has 6 rings (SSSR count). The van der Waals surface area contributed by atoms with Crippen LogP contribution >= 0.6 is 31.9 Å². The summed E-state index contributed by atoms with van der Waals surface area (Å²) in [5.74, 6) is -9.19. The quantitative estimate of drug-likeness (QED) is 0.198. The minimum Gasteiger partial charge on any atom is -0.451 e. The van der Waals surface area contributed by atoms with Crippen molar-refractivity contribution in [3.05, 3.63) is 151 Å². The first-order chi connectivity index (χ1) is 25.3. The molecule has 0 unspecified atom stereocenters. The van der Waals surface area contributed by atoms with Gasteiger partial charge in [0.25, 0.3) is 0 Å². The Balaban J connectivity index is 0.000000208. The molecular weight excluding hydrogens is 846 g/mol. The first kappa shape index (κ1) is 40.6. The molecule has 2 N–H and O–H groups in total. The van der Waals surface area contributed by atoms with Crippen LogP contribution in [0.25, 0.3) is 11.5 Å². The molecule has 6 nitrogen and oxygen atoms in total. The number of halogens is 8. The van der Waals surface area contributed by atoms with Crippen LogP contribution < -0.4 is 0 Å². The van der Waals surface area contributed by atoms with Gasteiger partial charge in [0.05, 0.1) is 23.3 Å². The lowest BCUT2D eigenvalue weighted by Gasteiger charge is -2.39. The number of nitriles is 2. The molecule has 0 saturated heterocycles. The molecule has 0 fully saturated rings. The monoisotopic (exact) mass is 874 g/mol. The number of allylic oxidation sites excluding steroid dienone is 2. The van der Waals surface area contributed by atoms with Crippen molar-refractivity contribution in [2.24, 2.45) is 0 Å². The van der Waals surface area contributed by atoms with E-state index in [0.717, 1.165) is 20.1 Å². The average molecular weight is 876 g/mol. The van der Waals surface area contributed by atoms with Crippen LogP contribution in [0.4, 0.5) is 26.3 Å². The zero-order valence-electron chi connectivity index (χ0n) is 28.4. The Morgan fingerprint density at radius 3 is 1.13 bits per heavy atom. The van der Waals surface area contributed by atoms with E-state index in [9.17, 15) is 47.1 Å². The van der Waals surface area contributed by atoms with Crippen molar-refractivity contribution in [2.75, 3.05) is 0 Å². The number of hydrogen-bond acceptors (Lipinski definition) is 6. The Labute approximate surface area is 323 Å². The van der Waals surface area contributed by atoms with E-state index in [-0.39, 0.29) is 33.8 Å². The maximum Gasteiger partial charge on any atom is 0.455 e. The Bertz CT molecular complexity index is 1980. The molecule has 54 heavy (non-hydrogen) atoms. The van der Waals surface area contributed by atoms with Gasteiger partial charge in [0.1, 0.15) is 11.5 Å². The summed E-state index contributed by atoms with van der Waals surface area (Å²) in [6.07, 6.45) is -11.6. The molecular formula is C40H30Br2F6N2O4. The lowest BCUT2D eigenvalue weighted by Crippen LogP contribution is -2.50. The number of alkyl halides is 6. The largest absolute Gasteiger partial charge is 0.455 e. The summed E-state index contributed by atoms with van der Waals surface area (Å²) in [5.41, 5.74) is 3.57. The van der Waals surface area contributed by atoms with Crippen molar-refractivity contribution in [3.8, 4) is 12.1 Å². The summed E-state index contributed by atoms with van der Waals surface area (Å²) in [4.78, 5) is 0. The first-order valence-electron chi connectivity index (χ1n) is 16.2. The second kappa shape index (κ2) is 15.6. The molecule has 2 aliphatic heterocycles. The molecule has 2 heterocycles. The van der Waals surface area contributed by atoms with Crippen LogP contribution in [-0.4, -0.2) is 34.1 Å². The number of hydrogen-bond donors (Lipinski definition) is 2. The smallest absolute Gasteiger partial charge is 0.451 e. The number of benzene rings is 4. The fourth-order valence-corrected chi connectivity index (χ4v) is 6.54. The molecule has 0 aromatic heterocycles. The molecule has 0 bridgehead atoms. The van der Waals surface area contributed by atoms with Crippen molar-refractivity contribution in [1.29, 1.82) is 10.5 Å². The normalized spacial score (nSPS) is 22.9. The van der Waals surface area contributed by atoms with Crippen molar-refractivity contribution in [3.63, 3.8) is 0 Å². The number of ether oxygens (including phenoxy) is 2. The van der Waals surface area contributed by atoms with Gasteiger partial charge in [-0.15, -0.1) is 0 Å². The number of rotatable bonds is 4. The molecule has 4 aromatic carbocycles. The highest BCUT2D eigenvalue weighted by Gasteiger charge is 2.61. The third-order valence-corrected chi connectivity index (χ3v) is 10.0. The lowest BCUT2D eigenvalue weighted by molar-refractivity contribution is -0.351. The van der Waals surface area contributed by atoms with E-state index in [1.165, 1.54) is 24.3 Å². The third kappa shape index (κ3) is 8.53. The minimum atomic E-state index is -5.02. The molecule has 2 aliphatic rings. The average Bonchev–Trinajstić information content (AvgIpc) is 3.11. The van der Waals surface area contributed by atoms with Crippen LogP contribution in [0.1, 0.15) is 58.1 Å². The van der Waals surface area contributed by atoms with Crippen molar-refractivity contribution in [1.82, 2.24) is 0 Å². The van der Waals surface area contributed by atoms with Gasteiger partial charge in [-0.3, -0.25) is 0 Å². The van der Waals surface area contributed by atoms with E-state index < -0.39 is 48.6 Å². The molecule has 0 spiro atoms. The molecule has 0 saturated carbocycles. The molecule has 4 atom stereocenters. The van der Waals surface area contributed by atoms with Gasteiger partial charge in [0.15, 0.2) is 0 Å². The summed E-state index contributed by atoms with van der Waals surface area (Å²) < 4.78 is 92.9. The fraction of sp³-hybridized carbons (Fsp3) is 0.250. The summed E-state index contributed by atoms with van der Waals surface area (Å²) in [7, 11) is 0. The van der Waals surface area contributed by atoms with Gasteiger partial charge in [-0.05, 0) is 49.2 Å². The minimum absolute atomic E-state index is 0.0510. The molecule has 0 radical (unpaired) electrons. The van der Waals surface area contributed by atoms with E-state index in [0.29, 0.717) is 11.1 Å². The van der Waals surface area contributed by atoms with Crippen LogP contribution in [-0.2, 0) is 9.47 Å². The van der Waals surface area contributed by atoms with E-state index in [1.807, 2.05) is 26.0 Å².